The molecule has 152 valence electrons. The lowest BCUT2D eigenvalue weighted by Gasteiger charge is -2.46. The third-order valence-electron chi connectivity index (χ3n) is 5.54. The van der Waals surface area contributed by atoms with Crippen LogP contribution < -0.4 is 4.90 Å². The highest BCUT2D eigenvalue weighted by atomic mass is 32.1. The van der Waals surface area contributed by atoms with E-state index in [1.807, 2.05) is 22.2 Å². The van der Waals surface area contributed by atoms with E-state index in [1.165, 1.54) is 21.1 Å². The van der Waals surface area contributed by atoms with Crippen molar-refractivity contribution in [3.05, 3.63) is 57.7 Å². The van der Waals surface area contributed by atoms with E-state index in [1.54, 1.807) is 42.6 Å². The molecule has 1 fully saturated rings. The van der Waals surface area contributed by atoms with Crippen LogP contribution in [0.25, 0.3) is 10.6 Å². The number of nitrogens with zero attached hydrogens (tertiary/aromatic N) is 3. The number of carbonyl (C=O) groups is 3. The Morgan fingerprint density at radius 2 is 2.07 bits per heavy atom. The first kappa shape index (κ1) is 19.0. The first-order chi connectivity index (χ1) is 14.5. The minimum atomic E-state index is -1.46. The Morgan fingerprint density at radius 1 is 1.23 bits per heavy atom. The number of para-hydroxylation sites is 1. The van der Waals surface area contributed by atoms with Crippen molar-refractivity contribution in [2.75, 3.05) is 11.9 Å². The number of thiophene rings is 1. The van der Waals surface area contributed by atoms with Gasteiger partial charge in [-0.25, -0.2) is 9.78 Å². The van der Waals surface area contributed by atoms with Gasteiger partial charge in [-0.15, -0.1) is 11.3 Å². The fourth-order valence-electron chi connectivity index (χ4n) is 4.04. The third-order valence-corrected chi connectivity index (χ3v) is 7.16. The monoisotopic (exact) mass is 439 g/mol. The lowest BCUT2D eigenvalue weighted by molar-refractivity contribution is -0.158. The van der Waals surface area contributed by atoms with Crippen LogP contribution in [-0.2, 0) is 20.9 Å². The van der Waals surface area contributed by atoms with Crippen LogP contribution in [0.3, 0.4) is 0 Å². The van der Waals surface area contributed by atoms with Crippen LogP contribution in [0.4, 0.5) is 5.69 Å². The minimum absolute atomic E-state index is 0.0209. The summed E-state index contributed by atoms with van der Waals surface area (Å²) < 4.78 is 5.61. The molecule has 1 unspecified atom stereocenters. The Bertz CT molecular complexity index is 1160. The number of likely N-dealkylation sites (N-methyl/N-ethyl adjacent to an activating group) is 1. The fraction of sp³-hybridized carbons (Fsp3) is 0.238. The first-order valence-corrected chi connectivity index (χ1v) is 11.2. The molecule has 2 aliphatic rings. The zero-order valence-corrected chi connectivity index (χ0v) is 17.7. The summed E-state index contributed by atoms with van der Waals surface area (Å²) >= 11 is 3.07. The molecule has 3 aromatic rings. The Balaban J connectivity index is 1.43. The summed E-state index contributed by atoms with van der Waals surface area (Å²) in [5.74, 6) is -1.13. The molecule has 5 rings (SSSR count). The van der Waals surface area contributed by atoms with Crippen molar-refractivity contribution >= 4 is 46.1 Å². The molecular weight excluding hydrogens is 422 g/mol. The maximum Gasteiger partial charge on any atom is 0.354 e. The van der Waals surface area contributed by atoms with Crippen molar-refractivity contribution in [2.24, 2.45) is 0 Å². The van der Waals surface area contributed by atoms with Gasteiger partial charge in [-0.3, -0.25) is 14.5 Å². The van der Waals surface area contributed by atoms with Gasteiger partial charge in [0.2, 0.25) is 11.6 Å². The second kappa shape index (κ2) is 7.03. The lowest BCUT2D eigenvalue weighted by atomic mass is 9.97. The number of amides is 2. The highest BCUT2D eigenvalue weighted by Crippen LogP contribution is 2.44. The standard InChI is InChI=1S/C21H17N3O4S2/c1-23-19(26)15-4-2-3-5-16(15)24-17(25)6-8-21(23,24)20(27)28-10-14-12-30-18(22-14)13-7-9-29-11-13/h2-5,7,9,11-12H,6,8,10H2,1H3. The Morgan fingerprint density at radius 3 is 2.87 bits per heavy atom. The molecular formula is C21H17N3O4S2. The van der Waals surface area contributed by atoms with Crippen molar-refractivity contribution in [1.82, 2.24) is 9.88 Å². The third kappa shape index (κ3) is 2.69. The molecule has 7 nitrogen and oxygen atoms in total. The van der Waals surface area contributed by atoms with Crippen molar-refractivity contribution in [1.29, 1.82) is 0 Å². The molecule has 2 aliphatic heterocycles. The molecule has 0 spiro atoms. The van der Waals surface area contributed by atoms with E-state index in [-0.39, 0.29) is 31.3 Å². The van der Waals surface area contributed by atoms with Gasteiger partial charge in [0.05, 0.1) is 16.9 Å². The van der Waals surface area contributed by atoms with Gasteiger partial charge in [0.15, 0.2) is 0 Å². The van der Waals surface area contributed by atoms with Gasteiger partial charge < -0.3 is 9.64 Å². The highest BCUT2D eigenvalue weighted by Gasteiger charge is 2.60. The summed E-state index contributed by atoms with van der Waals surface area (Å²) in [6, 6.07) is 8.83. The smallest absolute Gasteiger partial charge is 0.354 e. The number of anilines is 1. The Labute approximate surface area is 180 Å². The molecule has 2 aromatic heterocycles. The number of ether oxygens (including phenoxy) is 1. The Hall–Kier alpha value is -3.04. The van der Waals surface area contributed by atoms with Crippen molar-refractivity contribution < 1.29 is 19.1 Å². The second-order valence-electron chi connectivity index (χ2n) is 7.16. The van der Waals surface area contributed by atoms with E-state index in [2.05, 4.69) is 4.98 Å². The predicted molar refractivity (Wildman–Crippen MR) is 113 cm³/mol. The molecule has 0 aliphatic carbocycles. The van der Waals surface area contributed by atoms with Crippen molar-refractivity contribution in [2.45, 2.75) is 25.1 Å². The molecule has 0 bridgehead atoms. The van der Waals surface area contributed by atoms with Crippen LogP contribution in [0.2, 0.25) is 0 Å². The zero-order valence-electron chi connectivity index (χ0n) is 16.0. The predicted octanol–water partition coefficient (Wildman–Crippen LogP) is 3.52. The van der Waals surface area contributed by atoms with Crippen molar-refractivity contribution in [3.63, 3.8) is 0 Å². The summed E-state index contributed by atoms with van der Waals surface area (Å²) in [6.07, 6.45) is 0.360. The number of thiazole rings is 1. The lowest BCUT2D eigenvalue weighted by Crippen LogP contribution is -2.67. The number of rotatable bonds is 4. The number of hydrogen-bond donors (Lipinski definition) is 0. The van der Waals surface area contributed by atoms with E-state index in [0.29, 0.717) is 16.9 Å². The van der Waals surface area contributed by atoms with Crippen LogP contribution in [0.1, 0.15) is 28.9 Å². The van der Waals surface area contributed by atoms with E-state index >= 15 is 0 Å². The molecule has 4 heterocycles. The van der Waals surface area contributed by atoms with E-state index < -0.39 is 11.6 Å². The Kier molecular flexibility index (Phi) is 4.44. The van der Waals surface area contributed by atoms with Crippen LogP contribution in [0, 0.1) is 0 Å². The van der Waals surface area contributed by atoms with Crippen LogP contribution in [-0.4, -0.2) is 40.4 Å². The molecule has 1 atom stereocenters. The summed E-state index contributed by atoms with van der Waals surface area (Å²) in [6.45, 7) is -0.0209. The number of benzene rings is 1. The normalized spacial score (nSPS) is 20.3. The van der Waals surface area contributed by atoms with Gasteiger partial charge in [-0.1, -0.05) is 12.1 Å². The van der Waals surface area contributed by atoms with Gasteiger partial charge in [0, 0.05) is 36.2 Å². The maximum absolute atomic E-state index is 13.3. The molecule has 1 aromatic carbocycles. The van der Waals surface area contributed by atoms with Gasteiger partial charge >= 0.3 is 5.97 Å². The molecule has 30 heavy (non-hydrogen) atoms. The van der Waals surface area contributed by atoms with Gasteiger partial charge in [0.25, 0.3) is 5.91 Å². The summed E-state index contributed by atoms with van der Waals surface area (Å²) in [4.78, 5) is 46.2. The number of hydrogen-bond acceptors (Lipinski definition) is 7. The molecule has 0 N–H and O–H groups in total. The largest absolute Gasteiger partial charge is 0.456 e. The van der Waals surface area contributed by atoms with Crippen LogP contribution in [0.5, 0.6) is 0 Å². The molecule has 2 amide bonds. The topological polar surface area (TPSA) is 79.8 Å². The highest BCUT2D eigenvalue weighted by molar-refractivity contribution is 7.14. The SMILES string of the molecule is CN1C(=O)c2ccccc2N2C(=O)CCC12C(=O)OCc1csc(-c2ccsc2)n1. The van der Waals surface area contributed by atoms with Crippen molar-refractivity contribution in [3.8, 4) is 10.6 Å². The van der Waals surface area contributed by atoms with E-state index in [0.717, 1.165) is 10.6 Å². The number of carbonyl (C=O) groups excluding carboxylic acids is 3. The average molecular weight is 440 g/mol. The molecule has 1 saturated heterocycles. The number of esters is 1. The summed E-state index contributed by atoms with van der Waals surface area (Å²) in [7, 11) is 1.54. The maximum atomic E-state index is 13.3. The molecule has 0 radical (unpaired) electrons. The molecule has 0 saturated carbocycles. The van der Waals surface area contributed by atoms with Gasteiger partial charge in [-0.05, 0) is 23.6 Å². The first-order valence-electron chi connectivity index (χ1n) is 9.37. The van der Waals surface area contributed by atoms with Crippen LogP contribution >= 0.6 is 22.7 Å². The van der Waals surface area contributed by atoms with Gasteiger partial charge in [0.1, 0.15) is 11.6 Å². The van der Waals surface area contributed by atoms with E-state index in [9.17, 15) is 14.4 Å². The quantitative estimate of drug-likeness (QED) is 0.581. The molecule has 9 heteroatoms. The fourth-order valence-corrected chi connectivity index (χ4v) is 5.55. The van der Waals surface area contributed by atoms with Gasteiger partial charge in [-0.2, -0.15) is 11.3 Å². The second-order valence-corrected chi connectivity index (χ2v) is 8.80. The summed E-state index contributed by atoms with van der Waals surface area (Å²) in [5, 5.41) is 6.70. The van der Waals surface area contributed by atoms with E-state index in [4.69, 9.17) is 4.74 Å². The average Bonchev–Trinajstić information content (AvgIpc) is 3.50. The van der Waals surface area contributed by atoms with Crippen LogP contribution in [0.15, 0.2) is 46.5 Å². The number of aromatic nitrogens is 1. The minimum Gasteiger partial charge on any atom is -0.456 e. The zero-order chi connectivity index (χ0) is 20.9. The summed E-state index contributed by atoms with van der Waals surface area (Å²) in [5.41, 5.74) is 1.05. The number of fused-ring (bicyclic) bond motifs is 3.